The van der Waals surface area contributed by atoms with Crippen LogP contribution in [-0.2, 0) is 0 Å². The summed E-state index contributed by atoms with van der Waals surface area (Å²) in [4.78, 5) is 11.8. The van der Waals surface area contributed by atoms with Crippen LogP contribution in [0, 0.1) is 5.82 Å². The highest BCUT2D eigenvalue weighted by Gasteiger charge is 2.15. The van der Waals surface area contributed by atoms with E-state index < -0.39 is 5.82 Å². The van der Waals surface area contributed by atoms with Gasteiger partial charge in [-0.25, -0.2) is 4.39 Å². The maximum Gasteiger partial charge on any atom is 0.202 e. The number of benzene rings is 1. The summed E-state index contributed by atoms with van der Waals surface area (Å²) < 4.78 is 18.9. The highest BCUT2D eigenvalue weighted by Crippen LogP contribution is 2.31. The molecule has 0 radical (unpaired) electrons. The Kier molecular flexibility index (Phi) is 4.68. The van der Waals surface area contributed by atoms with Gasteiger partial charge in [-0.2, -0.15) is 0 Å². The second kappa shape index (κ2) is 6.09. The standard InChI is InChI=1S/C12H6Cl3FO2S/c13-8-3-6(1-2-9(8)16)18-5-10(17)7-4-11(14)19-12(7)15/h1-4H,5H2. The molecule has 1 heterocycles. The number of ether oxygens (including phenoxy) is 1. The molecule has 0 amide bonds. The predicted octanol–water partition coefficient (Wildman–Crippen LogP) is 5.11. The molecule has 100 valence electrons. The first-order valence-electron chi connectivity index (χ1n) is 5.03. The summed E-state index contributed by atoms with van der Waals surface area (Å²) >= 11 is 18.3. The monoisotopic (exact) mass is 338 g/mol. The Morgan fingerprint density at radius 3 is 2.58 bits per heavy atom. The number of halogens is 4. The molecule has 0 bridgehead atoms. The second-order valence-electron chi connectivity index (χ2n) is 3.53. The van der Waals surface area contributed by atoms with Gasteiger partial charge in [0, 0.05) is 6.07 Å². The van der Waals surface area contributed by atoms with Crippen LogP contribution in [0.2, 0.25) is 13.7 Å². The summed E-state index contributed by atoms with van der Waals surface area (Å²) in [5.74, 6) is -0.557. The summed E-state index contributed by atoms with van der Waals surface area (Å²) in [5.41, 5.74) is 0.310. The maximum atomic E-state index is 12.9. The number of Topliss-reactive ketones (excluding diaryl/α,β-unsaturated/α-hetero) is 1. The molecule has 1 aromatic heterocycles. The van der Waals surface area contributed by atoms with Gasteiger partial charge in [0.15, 0.2) is 6.61 Å². The second-order valence-corrected chi connectivity index (χ2v) is 6.22. The molecule has 0 spiro atoms. The van der Waals surface area contributed by atoms with E-state index in [9.17, 15) is 9.18 Å². The maximum absolute atomic E-state index is 12.9. The van der Waals surface area contributed by atoms with Crippen molar-refractivity contribution in [3.8, 4) is 5.75 Å². The molecule has 19 heavy (non-hydrogen) atoms. The first-order valence-corrected chi connectivity index (χ1v) is 6.98. The van der Waals surface area contributed by atoms with E-state index in [2.05, 4.69) is 0 Å². The third-order valence-corrected chi connectivity index (χ3v) is 4.00. The summed E-state index contributed by atoms with van der Waals surface area (Å²) in [7, 11) is 0. The van der Waals surface area contributed by atoms with E-state index in [0.29, 0.717) is 20.0 Å². The van der Waals surface area contributed by atoms with Crippen molar-refractivity contribution in [1.29, 1.82) is 0 Å². The lowest BCUT2D eigenvalue weighted by Crippen LogP contribution is -2.11. The number of carbonyl (C=O) groups is 1. The highest BCUT2D eigenvalue weighted by molar-refractivity contribution is 7.20. The van der Waals surface area contributed by atoms with E-state index in [-0.39, 0.29) is 17.4 Å². The lowest BCUT2D eigenvalue weighted by atomic mass is 10.2. The van der Waals surface area contributed by atoms with Gasteiger partial charge in [-0.3, -0.25) is 4.79 Å². The van der Waals surface area contributed by atoms with Crippen molar-refractivity contribution < 1.29 is 13.9 Å². The summed E-state index contributed by atoms with van der Waals surface area (Å²) in [6, 6.07) is 5.33. The fourth-order valence-corrected chi connectivity index (χ4v) is 2.99. The first-order chi connectivity index (χ1) is 8.97. The van der Waals surface area contributed by atoms with Crippen LogP contribution in [0.25, 0.3) is 0 Å². The molecule has 7 heteroatoms. The summed E-state index contributed by atoms with van der Waals surface area (Å²) in [6.07, 6.45) is 0. The molecule has 2 nitrogen and oxygen atoms in total. The summed E-state index contributed by atoms with van der Waals surface area (Å²) in [5, 5.41) is -0.0680. The van der Waals surface area contributed by atoms with Crippen LogP contribution in [-0.4, -0.2) is 12.4 Å². The zero-order valence-corrected chi connectivity index (χ0v) is 12.3. The molecule has 2 aromatic rings. The molecule has 2 rings (SSSR count). The first kappa shape index (κ1) is 14.6. The van der Waals surface area contributed by atoms with Gasteiger partial charge in [-0.15, -0.1) is 11.3 Å². The molecule has 0 unspecified atom stereocenters. The van der Waals surface area contributed by atoms with Gasteiger partial charge in [0.25, 0.3) is 0 Å². The fraction of sp³-hybridized carbons (Fsp3) is 0.0833. The number of hydrogen-bond donors (Lipinski definition) is 0. The third-order valence-electron chi connectivity index (χ3n) is 2.22. The Labute approximate surface area is 127 Å². The van der Waals surface area contributed by atoms with Crippen LogP contribution < -0.4 is 4.74 Å². The number of carbonyl (C=O) groups excluding carboxylic acids is 1. The Balaban J connectivity index is 2.04. The minimum absolute atomic E-state index is 0.0680. The molecular weight excluding hydrogens is 334 g/mol. The largest absolute Gasteiger partial charge is 0.485 e. The van der Waals surface area contributed by atoms with Crippen molar-refractivity contribution in [2.75, 3.05) is 6.61 Å². The molecule has 0 saturated carbocycles. The highest BCUT2D eigenvalue weighted by atomic mass is 35.5. The van der Waals surface area contributed by atoms with Crippen molar-refractivity contribution in [1.82, 2.24) is 0 Å². The quantitative estimate of drug-likeness (QED) is 0.724. The lowest BCUT2D eigenvalue weighted by Gasteiger charge is -2.05. The SMILES string of the molecule is O=C(COc1ccc(F)c(Cl)c1)c1cc(Cl)sc1Cl. The Morgan fingerprint density at radius 2 is 2.00 bits per heavy atom. The van der Waals surface area contributed by atoms with Gasteiger partial charge in [-0.05, 0) is 18.2 Å². The van der Waals surface area contributed by atoms with E-state index in [0.717, 1.165) is 17.4 Å². The zero-order valence-electron chi connectivity index (χ0n) is 9.25. The van der Waals surface area contributed by atoms with Crippen LogP contribution in [0.3, 0.4) is 0 Å². The Hall–Kier alpha value is -0.810. The predicted molar refractivity (Wildman–Crippen MR) is 75.6 cm³/mol. The van der Waals surface area contributed by atoms with E-state index in [1.807, 2.05) is 0 Å². The molecule has 0 aliphatic carbocycles. The molecule has 0 atom stereocenters. The van der Waals surface area contributed by atoms with E-state index in [1.165, 1.54) is 18.2 Å². The molecular formula is C12H6Cl3FO2S. The molecule has 0 aliphatic heterocycles. The lowest BCUT2D eigenvalue weighted by molar-refractivity contribution is 0.0922. The van der Waals surface area contributed by atoms with Crippen LogP contribution in [0.1, 0.15) is 10.4 Å². The van der Waals surface area contributed by atoms with Gasteiger partial charge < -0.3 is 4.74 Å². The minimum Gasteiger partial charge on any atom is -0.485 e. The van der Waals surface area contributed by atoms with E-state index >= 15 is 0 Å². The molecule has 0 N–H and O–H groups in total. The number of rotatable bonds is 4. The average Bonchev–Trinajstić information content (AvgIpc) is 2.70. The number of ketones is 1. The molecule has 0 fully saturated rings. The van der Waals surface area contributed by atoms with Gasteiger partial charge in [-0.1, -0.05) is 34.8 Å². The van der Waals surface area contributed by atoms with Crippen molar-refractivity contribution in [3.05, 3.63) is 49.3 Å². The molecule has 0 aliphatic rings. The van der Waals surface area contributed by atoms with Crippen molar-refractivity contribution in [2.45, 2.75) is 0 Å². The summed E-state index contributed by atoms with van der Waals surface area (Å²) in [6.45, 7) is -0.227. The van der Waals surface area contributed by atoms with Gasteiger partial charge in [0.2, 0.25) is 5.78 Å². The smallest absolute Gasteiger partial charge is 0.202 e. The van der Waals surface area contributed by atoms with Crippen LogP contribution in [0.4, 0.5) is 4.39 Å². The van der Waals surface area contributed by atoms with Gasteiger partial charge in [0.1, 0.15) is 15.9 Å². The molecule has 0 saturated heterocycles. The van der Waals surface area contributed by atoms with E-state index in [1.54, 1.807) is 0 Å². The third kappa shape index (κ3) is 3.60. The van der Waals surface area contributed by atoms with E-state index in [4.69, 9.17) is 39.5 Å². The topological polar surface area (TPSA) is 26.3 Å². The normalized spacial score (nSPS) is 10.5. The van der Waals surface area contributed by atoms with Crippen molar-refractivity contribution in [2.24, 2.45) is 0 Å². The van der Waals surface area contributed by atoms with Crippen LogP contribution in [0.15, 0.2) is 24.3 Å². The zero-order chi connectivity index (χ0) is 14.0. The fourth-order valence-electron chi connectivity index (χ4n) is 1.32. The van der Waals surface area contributed by atoms with Gasteiger partial charge >= 0.3 is 0 Å². The average molecular weight is 340 g/mol. The number of hydrogen-bond acceptors (Lipinski definition) is 3. The molecule has 1 aromatic carbocycles. The van der Waals surface area contributed by atoms with Crippen molar-refractivity contribution >= 4 is 51.9 Å². The number of thiophene rings is 1. The minimum atomic E-state index is -0.548. The van der Waals surface area contributed by atoms with Crippen molar-refractivity contribution in [3.63, 3.8) is 0 Å². The van der Waals surface area contributed by atoms with Crippen LogP contribution in [0.5, 0.6) is 5.75 Å². The Bertz CT molecular complexity index is 627. The Morgan fingerprint density at radius 1 is 1.26 bits per heavy atom. The van der Waals surface area contributed by atoms with Crippen LogP contribution >= 0.6 is 46.1 Å². The van der Waals surface area contributed by atoms with Gasteiger partial charge in [0.05, 0.1) is 14.9 Å².